The minimum atomic E-state index is 0.161. The Bertz CT molecular complexity index is 980. The van der Waals surface area contributed by atoms with Crippen LogP contribution in [0.5, 0.6) is 5.75 Å². The number of benzene rings is 2. The van der Waals surface area contributed by atoms with E-state index in [0.717, 1.165) is 33.4 Å². The lowest BCUT2D eigenvalue weighted by Crippen LogP contribution is -2.04. The van der Waals surface area contributed by atoms with E-state index in [9.17, 15) is 0 Å². The van der Waals surface area contributed by atoms with E-state index in [1.54, 1.807) is 0 Å². The van der Waals surface area contributed by atoms with Gasteiger partial charge in [-0.1, -0.05) is 30.2 Å². The molecule has 0 saturated carbocycles. The normalized spacial score (nSPS) is 10.3. The van der Waals surface area contributed by atoms with Crippen LogP contribution in [-0.2, 0) is 4.74 Å². The van der Waals surface area contributed by atoms with Gasteiger partial charge in [0.15, 0.2) is 12.6 Å². The van der Waals surface area contributed by atoms with Crippen LogP contribution in [0.3, 0.4) is 0 Å². The van der Waals surface area contributed by atoms with Gasteiger partial charge < -0.3 is 14.8 Å². The van der Waals surface area contributed by atoms with Crippen molar-refractivity contribution in [2.24, 2.45) is 0 Å². The van der Waals surface area contributed by atoms with Crippen molar-refractivity contribution in [2.75, 3.05) is 25.8 Å². The summed E-state index contributed by atoms with van der Waals surface area (Å²) in [6, 6.07) is 13.8. The van der Waals surface area contributed by atoms with Crippen LogP contribution < -0.4 is 10.1 Å². The number of fused-ring (bicyclic) bond motifs is 1. The molecule has 0 aliphatic rings. The van der Waals surface area contributed by atoms with E-state index in [4.69, 9.17) is 9.47 Å². The van der Waals surface area contributed by atoms with Crippen LogP contribution in [0.2, 0.25) is 0 Å². The first kappa shape index (κ1) is 18.2. The van der Waals surface area contributed by atoms with Crippen molar-refractivity contribution in [2.45, 2.75) is 6.92 Å². The number of halogens is 1. The molecule has 0 saturated heterocycles. The van der Waals surface area contributed by atoms with Crippen LogP contribution in [0.4, 0.5) is 5.82 Å². The van der Waals surface area contributed by atoms with E-state index in [2.05, 4.69) is 42.2 Å². The highest BCUT2D eigenvalue weighted by Gasteiger charge is 2.15. The molecular weight excluding hydrogens is 394 g/mol. The molecule has 0 fully saturated rings. The fourth-order valence-electron chi connectivity index (χ4n) is 2.65. The second-order valence-corrected chi connectivity index (χ2v) is 5.77. The lowest BCUT2D eigenvalue weighted by Gasteiger charge is -2.14. The molecule has 0 atom stereocenters. The van der Waals surface area contributed by atoms with Gasteiger partial charge in [-0.3, -0.25) is 0 Å². The molecular formula is C20H18BrN3O2. The summed E-state index contributed by atoms with van der Waals surface area (Å²) in [6.07, 6.45) is 0. The topological polar surface area (TPSA) is 56.3 Å². The average Bonchev–Trinajstić information content (AvgIpc) is 2.68. The lowest BCUT2D eigenvalue weighted by atomic mass is 10.0. The highest BCUT2D eigenvalue weighted by molar-refractivity contribution is 9.12. The second-order valence-electron chi connectivity index (χ2n) is 5.38. The molecule has 26 heavy (non-hydrogen) atoms. The molecule has 1 N–H and O–H groups in total. The number of rotatable bonds is 6. The van der Waals surface area contributed by atoms with Gasteiger partial charge >= 0.3 is 0 Å². The lowest BCUT2D eigenvalue weighted by molar-refractivity contribution is 0.0227. The summed E-state index contributed by atoms with van der Waals surface area (Å²) in [5, 5.41) is 13.8. The molecule has 1 heterocycles. The van der Waals surface area contributed by atoms with Crippen molar-refractivity contribution in [3.05, 3.63) is 48.0 Å². The molecule has 6 heteroatoms. The Kier molecular flexibility index (Phi) is 6.05. The Morgan fingerprint density at radius 3 is 2.65 bits per heavy atom. The highest BCUT2D eigenvalue weighted by Crippen LogP contribution is 2.35. The van der Waals surface area contributed by atoms with Crippen molar-refractivity contribution in [3.8, 4) is 27.8 Å². The minimum Gasteiger partial charge on any atom is -0.467 e. The fourth-order valence-corrected chi connectivity index (χ4v) is 2.87. The van der Waals surface area contributed by atoms with E-state index >= 15 is 0 Å². The Balaban J connectivity index is 2.16. The van der Waals surface area contributed by atoms with Gasteiger partial charge in [-0.2, -0.15) is 0 Å². The maximum atomic E-state index is 5.84. The van der Waals surface area contributed by atoms with Gasteiger partial charge in [0.05, 0.1) is 0 Å². The number of hydrogen-bond donors (Lipinski definition) is 1. The second kappa shape index (κ2) is 8.65. The molecule has 0 unspecified atom stereocenters. The summed E-state index contributed by atoms with van der Waals surface area (Å²) in [7, 11) is 1.83. The van der Waals surface area contributed by atoms with Crippen LogP contribution >= 0.6 is 15.9 Å². The smallest absolute Gasteiger partial charge is 0.189 e. The zero-order valence-corrected chi connectivity index (χ0v) is 16.1. The number of nitrogens with zero attached hydrogens (tertiary/aromatic N) is 2. The molecule has 0 bridgehead atoms. The van der Waals surface area contributed by atoms with Gasteiger partial charge in [-0.05, 0) is 30.0 Å². The van der Waals surface area contributed by atoms with Gasteiger partial charge in [0.1, 0.15) is 11.4 Å². The first-order valence-electron chi connectivity index (χ1n) is 8.18. The van der Waals surface area contributed by atoms with Gasteiger partial charge in [0.25, 0.3) is 0 Å². The SMILES string of the molecule is CCOCOc1cc(C#CBr)ccc1-c1nnc(NC)c2ccccc12. The predicted molar refractivity (Wildman–Crippen MR) is 107 cm³/mol. The summed E-state index contributed by atoms with van der Waals surface area (Å²) in [6.45, 7) is 2.66. The maximum Gasteiger partial charge on any atom is 0.189 e. The van der Waals surface area contributed by atoms with Gasteiger partial charge in [-0.15, -0.1) is 10.2 Å². The van der Waals surface area contributed by atoms with Crippen LogP contribution in [0.25, 0.3) is 22.0 Å². The molecule has 0 aliphatic carbocycles. The molecule has 0 aliphatic heterocycles. The Labute approximate surface area is 160 Å². The molecule has 2 aromatic carbocycles. The zero-order chi connectivity index (χ0) is 18.4. The van der Waals surface area contributed by atoms with E-state index in [0.29, 0.717) is 12.4 Å². The monoisotopic (exact) mass is 411 g/mol. The quantitative estimate of drug-likeness (QED) is 0.369. The number of anilines is 1. The molecule has 0 spiro atoms. The largest absolute Gasteiger partial charge is 0.467 e. The number of aromatic nitrogens is 2. The van der Waals surface area contributed by atoms with Crippen LogP contribution in [0, 0.1) is 10.8 Å². The number of nitrogens with one attached hydrogen (secondary N) is 1. The third-order valence-corrected chi connectivity index (χ3v) is 4.05. The first-order chi connectivity index (χ1) is 12.8. The summed E-state index contributed by atoms with van der Waals surface area (Å²) in [5.41, 5.74) is 2.43. The van der Waals surface area contributed by atoms with E-state index in [1.807, 2.05) is 56.4 Å². The summed E-state index contributed by atoms with van der Waals surface area (Å²) in [5.74, 6) is 4.37. The van der Waals surface area contributed by atoms with Crippen molar-refractivity contribution in [3.63, 3.8) is 0 Å². The summed E-state index contributed by atoms with van der Waals surface area (Å²) in [4.78, 5) is 2.72. The minimum absolute atomic E-state index is 0.161. The third-order valence-electron chi connectivity index (χ3n) is 3.85. The standard InChI is InChI=1S/C20H18BrN3O2/c1-3-25-13-26-18-12-14(10-11-21)8-9-17(18)19-15-6-4-5-7-16(15)20(22-2)24-23-19/h4-9,12H,3,13H2,1-2H3,(H,22,24). The Morgan fingerprint density at radius 2 is 1.92 bits per heavy atom. The van der Waals surface area contributed by atoms with Gasteiger partial charge in [0, 0.05) is 51.5 Å². The van der Waals surface area contributed by atoms with Crippen LogP contribution in [-0.4, -0.2) is 30.6 Å². The van der Waals surface area contributed by atoms with Crippen LogP contribution in [0.1, 0.15) is 12.5 Å². The van der Waals surface area contributed by atoms with E-state index < -0.39 is 0 Å². The predicted octanol–water partition coefficient (Wildman–Crippen LogP) is 4.42. The maximum absolute atomic E-state index is 5.84. The molecule has 5 nitrogen and oxygen atoms in total. The molecule has 3 rings (SSSR count). The Morgan fingerprint density at radius 1 is 1.12 bits per heavy atom. The molecule has 132 valence electrons. The highest BCUT2D eigenvalue weighted by atomic mass is 79.9. The molecule has 3 aromatic rings. The summed E-state index contributed by atoms with van der Waals surface area (Å²) < 4.78 is 11.2. The van der Waals surface area contributed by atoms with E-state index in [-0.39, 0.29) is 6.79 Å². The average molecular weight is 412 g/mol. The van der Waals surface area contributed by atoms with Crippen molar-refractivity contribution >= 4 is 32.5 Å². The molecule has 1 aromatic heterocycles. The number of hydrogen-bond acceptors (Lipinski definition) is 5. The molecule has 0 radical (unpaired) electrons. The van der Waals surface area contributed by atoms with Gasteiger partial charge in [0.2, 0.25) is 0 Å². The molecule has 0 amide bonds. The number of ether oxygens (including phenoxy) is 2. The van der Waals surface area contributed by atoms with E-state index in [1.165, 1.54) is 0 Å². The van der Waals surface area contributed by atoms with Crippen molar-refractivity contribution in [1.82, 2.24) is 10.2 Å². The fraction of sp³-hybridized carbons (Fsp3) is 0.200. The third kappa shape index (κ3) is 3.79. The van der Waals surface area contributed by atoms with Gasteiger partial charge in [-0.25, -0.2) is 0 Å². The summed E-state index contributed by atoms with van der Waals surface area (Å²) >= 11 is 3.13. The van der Waals surface area contributed by atoms with Crippen LogP contribution in [0.15, 0.2) is 42.5 Å². The zero-order valence-electron chi connectivity index (χ0n) is 14.5. The Hall–Kier alpha value is -2.62. The van der Waals surface area contributed by atoms with Crippen molar-refractivity contribution in [1.29, 1.82) is 0 Å². The van der Waals surface area contributed by atoms with Crippen molar-refractivity contribution < 1.29 is 9.47 Å². The first-order valence-corrected chi connectivity index (χ1v) is 8.97.